The van der Waals surface area contributed by atoms with Crippen molar-refractivity contribution in [3.8, 4) is 0 Å². The molecule has 1 N–H and O–H groups in total. The molecule has 2 aliphatic heterocycles. The molecule has 0 radical (unpaired) electrons. The first-order valence-electron chi connectivity index (χ1n) is 7.76. The van der Waals surface area contributed by atoms with Crippen LogP contribution in [0.3, 0.4) is 0 Å². The number of aromatic nitrogens is 1. The third kappa shape index (κ3) is 2.15. The second-order valence-corrected chi connectivity index (χ2v) is 5.76. The van der Waals surface area contributed by atoms with Crippen LogP contribution in [0.15, 0.2) is 60.2 Å². The Morgan fingerprint density at radius 2 is 1.83 bits per heavy atom. The molecule has 1 amide bonds. The standard InChI is InChI=1S/C18H16N4O2/c1-21-13-4-2-3-5-14(13)22-11-8-15(23)16(18(21)22)17(24)20-12-6-9-19-10-7-12/h2-7,9-10H,8,11H2,1H3,(H,19,20,24). The predicted molar refractivity (Wildman–Crippen MR) is 91.7 cm³/mol. The molecule has 0 saturated heterocycles. The number of anilines is 3. The quantitative estimate of drug-likeness (QED) is 0.859. The Balaban J connectivity index is 1.77. The third-order valence-corrected chi connectivity index (χ3v) is 4.34. The molecule has 0 aliphatic carbocycles. The van der Waals surface area contributed by atoms with E-state index in [-0.39, 0.29) is 17.3 Å². The molecular weight excluding hydrogens is 304 g/mol. The summed E-state index contributed by atoms with van der Waals surface area (Å²) >= 11 is 0. The highest BCUT2D eigenvalue weighted by Crippen LogP contribution is 2.43. The molecule has 0 atom stereocenters. The first-order chi connectivity index (χ1) is 11.7. The molecule has 0 unspecified atom stereocenters. The number of rotatable bonds is 2. The van der Waals surface area contributed by atoms with Crippen LogP contribution < -0.4 is 15.1 Å². The number of fused-ring (bicyclic) bond motifs is 3. The molecule has 24 heavy (non-hydrogen) atoms. The van der Waals surface area contributed by atoms with Crippen molar-refractivity contribution in [3.05, 3.63) is 60.2 Å². The summed E-state index contributed by atoms with van der Waals surface area (Å²) in [5.41, 5.74) is 2.84. The van der Waals surface area contributed by atoms with E-state index < -0.39 is 0 Å². The van der Waals surface area contributed by atoms with Crippen LogP contribution in [-0.4, -0.2) is 30.3 Å². The first-order valence-corrected chi connectivity index (χ1v) is 7.76. The summed E-state index contributed by atoms with van der Waals surface area (Å²) in [7, 11) is 1.88. The number of amides is 1. The fraction of sp³-hybridized carbons (Fsp3) is 0.167. The number of hydrogen-bond donors (Lipinski definition) is 1. The van der Waals surface area contributed by atoms with Crippen LogP contribution in [-0.2, 0) is 9.59 Å². The van der Waals surface area contributed by atoms with Gasteiger partial charge in [0.25, 0.3) is 5.91 Å². The predicted octanol–water partition coefficient (Wildman–Crippen LogP) is 2.16. The molecule has 4 rings (SSSR count). The minimum absolute atomic E-state index is 0.132. The zero-order chi connectivity index (χ0) is 16.7. The lowest BCUT2D eigenvalue weighted by molar-refractivity contribution is -0.120. The van der Waals surface area contributed by atoms with Gasteiger partial charge in [-0.3, -0.25) is 14.6 Å². The lowest BCUT2D eigenvalue weighted by Crippen LogP contribution is -2.39. The van der Waals surface area contributed by atoms with Gasteiger partial charge in [0, 0.05) is 38.1 Å². The minimum Gasteiger partial charge on any atom is -0.328 e. The number of nitrogens with one attached hydrogen (secondary N) is 1. The largest absolute Gasteiger partial charge is 0.328 e. The molecule has 1 aromatic heterocycles. The summed E-state index contributed by atoms with van der Waals surface area (Å²) in [6.07, 6.45) is 3.52. The van der Waals surface area contributed by atoms with Crippen molar-refractivity contribution in [1.29, 1.82) is 0 Å². The average Bonchev–Trinajstić information content (AvgIpc) is 2.89. The van der Waals surface area contributed by atoms with Crippen molar-refractivity contribution in [2.75, 3.05) is 28.7 Å². The fourth-order valence-electron chi connectivity index (χ4n) is 3.23. The number of carbonyl (C=O) groups excluding carboxylic acids is 2. The van der Waals surface area contributed by atoms with Crippen LogP contribution in [0.25, 0.3) is 0 Å². The van der Waals surface area contributed by atoms with Gasteiger partial charge in [0.2, 0.25) is 0 Å². The summed E-state index contributed by atoms with van der Waals surface area (Å²) in [5, 5.41) is 2.79. The van der Waals surface area contributed by atoms with Crippen LogP contribution in [0.5, 0.6) is 0 Å². The van der Waals surface area contributed by atoms with E-state index in [9.17, 15) is 9.59 Å². The number of nitrogens with zero attached hydrogens (tertiary/aromatic N) is 3. The van der Waals surface area contributed by atoms with Crippen molar-refractivity contribution in [2.24, 2.45) is 0 Å². The third-order valence-electron chi connectivity index (χ3n) is 4.34. The second kappa shape index (κ2) is 5.49. The number of carbonyl (C=O) groups is 2. The van der Waals surface area contributed by atoms with E-state index in [2.05, 4.69) is 10.3 Å². The van der Waals surface area contributed by atoms with Crippen LogP contribution in [0, 0.1) is 0 Å². The van der Waals surface area contributed by atoms with Gasteiger partial charge >= 0.3 is 0 Å². The zero-order valence-electron chi connectivity index (χ0n) is 13.2. The smallest absolute Gasteiger partial charge is 0.263 e. The van der Waals surface area contributed by atoms with Gasteiger partial charge in [-0.2, -0.15) is 0 Å². The van der Waals surface area contributed by atoms with Crippen molar-refractivity contribution in [3.63, 3.8) is 0 Å². The van der Waals surface area contributed by atoms with Gasteiger partial charge in [0.1, 0.15) is 11.4 Å². The van der Waals surface area contributed by atoms with Gasteiger partial charge in [-0.1, -0.05) is 12.1 Å². The van der Waals surface area contributed by atoms with E-state index in [0.29, 0.717) is 24.5 Å². The van der Waals surface area contributed by atoms with Crippen LogP contribution >= 0.6 is 0 Å². The lowest BCUT2D eigenvalue weighted by atomic mass is 10.0. The summed E-state index contributed by atoms with van der Waals surface area (Å²) in [5.74, 6) is 0.136. The maximum atomic E-state index is 12.8. The molecule has 6 heteroatoms. The van der Waals surface area contributed by atoms with Gasteiger partial charge in [-0.05, 0) is 24.3 Å². The summed E-state index contributed by atoms with van der Waals surface area (Å²) in [6.45, 7) is 0.585. The van der Waals surface area contributed by atoms with Crippen molar-refractivity contribution >= 4 is 28.8 Å². The summed E-state index contributed by atoms with van der Waals surface area (Å²) in [6, 6.07) is 11.3. The topological polar surface area (TPSA) is 65.5 Å². The Morgan fingerprint density at radius 1 is 1.12 bits per heavy atom. The maximum Gasteiger partial charge on any atom is 0.263 e. The Labute approximate surface area is 139 Å². The molecule has 1 aromatic carbocycles. The maximum absolute atomic E-state index is 12.8. The Kier molecular flexibility index (Phi) is 3.30. The fourth-order valence-corrected chi connectivity index (χ4v) is 3.23. The highest BCUT2D eigenvalue weighted by atomic mass is 16.2. The van der Waals surface area contributed by atoms with Crippen molar-refractivity contribution < 1.29 is 9.59 Å². The second-order valence-electron chi connectivity index (χ2n) is 5.76. The van der Waals surface area contributed by atoms with Crippen molar-refractivity contribution in [2.45, 2.75) is 6.42 Å². The SMILES string of the molecule is CN1C2=C(C(=O)Nc3ccncc3)C(=O)CCN2c2ccccc21. The highest BCUT2D eigenvalue weighted by Gasteiger charge is 2.39. The van der Waals surface area contributed by atoms with E-state index in [1.54, 1.807) is 24.5 Å². The highest BCUT2D eigenvalue weighted by molar-refractivity contribution is 6.25. The van der Waals surface area contributed by atoms with Crippen molar-refractivity contribution in [1.82, 2.24) is 4.98 Å². The molecule has 0 fully saturated rings. The molecule has 6 nitrogen and oxygen atoms in total. The average molecular weight is 320 g/mol. The summed E-state index contributed by atoms with van der Waals surface area (Å²) < 4.78 is 0. The zero-order valence-corrected chi connectivity index (χ0v) is 13.2. The van der Waals surface area contributed by atoms with Gasteiger partial charge in [-0.15, -0.1) is 0 Å². The van der Waals surface area contributed by atoms with Gasteiger partial charge in [0.15, 0.2) is 5.78 Å². The van der Waals surface area contributed by atoms with Gasteiger partial charge in [0.05, 0.1) is 11.4 Å². The molecular formula is C18H16N4O2. The van der Waals surface area contributed by atoms with Gasteiger partial charge < -0.3 is 15.1 Å². The summed E-state index contributed by atoms with van der Waals surface area (Å²) in [4.78, 5) is 33.1. The normalized spacial score (nSPS) is 16.1. The van der Waals surface area contributed by atoms with E-state index in [4.69, 9.17) is 0 Å². The van der Waals surface area contributed by atoms with Crippen LogP contribution in [0.2, 0.25) is 0 Å². The minimum atomic E-state index is -0.384. The first kappa shape index (κ1) is 14.4. The van der Waals surface area contributed by atoms with E-state index in [1.165, 1.54) is 0 Å². The molecule has 2 aliphatic rings. The van der Waals surface area contributed by atoms with E-state index >= 15 is 0 Å². The number of ketones is 1. The van der Waals surface area contributed by atoms with E-state index in [1.807, 2.05) is 41.1 Å². The number of Topliss-reactive ketones (excluding diaryl/α,β-unsaturated/α-hetero) is 1. The molecule has 3 heterocycles. The molecule has 120 valence electrons. The number of pyridine rings is 1. The Hall–Kier alpha value is -3.15. The van der Waals surface area contributed by atoms with Gasteiger partial charge in [-0.25, -0.2) is 0 Å². The number of benzene rings is 1. The number of para-hydroxylation sites is 2. The molecule has 0 bridgehead atoms. The molecule has 0 saturated carbocycles. The van der Waals surface area contributed by atoms with Crippen LogP contribution in [0.1, 0.15) is 6.42 Å². The number of hydrogen-bond acceptors (Lipinski definition) is 5. The molecule has 2 aromatic rings. The van der Waals surface area contributed by atoms with E-state index in [0.717, 1.165) is 11.4 Å². The molecule has 0 spiro atoms. The Bertz CT molecular complexity index is 860. The Morgan fingerprint density at radius 3 is 2.58 bits per heavy atom. The monoisotopic (exact) mass is 320 g/mol. The lowest BCUT2D eigenvalue weighted by Gasteiger charge is -2.29. The van der Waals surface area contributed by atoms with Crippen LogP contribution in [0.4, 0.5) is 17.1 Å².